The predicted molar refractivity (Wildman–Crippen MR) is 97.7 cm³/mol. The van der Waals surface area contributed by atoms with E-state index in [0.717, 1.165) is 22.0 Å². The minimum atomic E-state index is -0.609. The number of pyridine rings is 2. The van der Waals surface area contributed by atoms with Gasteiger partial charge in [-0.05, 0) is 44.5 Å². The number of anilines is 3. The van der Waals surface area contributed by atoms with E-state index >= 15 is 0 Å². The Hall–Kier alpha value is -3.00. The average molecular weight is 355 g/mol. The van der Waals surface area contributed by atoms with Crippen LogP contribution in [0, 0.1) is 20.8 Å². The first-order valence-electron chi connectivity index (χ1n) is 7.58. The van der Waals surface area contributed by atoms with Crippen LogP contribution in [0.1, 0.15) is 16.3 Å². The van der Waals surface area contributed by atoms with Gasteiger partial charge in [0.25, 0.3) is 5.88 Å². The van der Waals surface area contributed by atoms with E-state index in [0.29, 0.717) is 10.7 Å². The van der Waals surface area contributed by atoms with Gasteiger partial charge in [0.2, 0.25) is 0 Å². The normalized spacial score (nSPS) is 10.4. The molecule has 0 atom stereocenters. The molecule has 0 saturated carbocycles. The topological polar surface area (TPSA) is 89.0 Å². The zero-order chi connectivity index (χ0) is 17.8. The van der Waals surface area contributed by atoms with Crippen LogP contribution in [0.2, 0.25) is 0 Å². The van der Waals surface area contributed by atoms with Crippen LogP contribution in [-0.2, 0) is 0 Å². The van der Waals surface area contributed by atoms with Gasteiger partial charge in [0.05, 0.1) is 16.9 Å². The van der Waals surface area contributed by atoms with Crippen molar-refractivity contribution in [1.29, 1.82) is 0 Å². The zero-order valence-electron chi connectivity index (χ0n) is 14.0. The lowest BCUT2D eigenvalue weighted by Crippen LogP contribution is -2.17. The van der Waals surface area contributed by atoms with Crippen molar-refractivity contribution in [3.63, 3.8) is 0 Å². The standard InChI is InChI=1S/C17H17N5O2S/c1-10-4-6-18-9-14(10)22-16-15(20-12(3)25-16)24-17(23)21-13-5-7-19-11(2)8-13/h4-9,22H,1-3H3,(H,19,21,23). The van der Waals surface area contributed by atoms with E-state index in [2.05, 4.69) is 25.6 Å². The van der Waals surface area contributed by atoms with Crippen molar-refractivity contribution in [2.24, 2.45) is 0 Å². The Morgan fingerprint density at radius 2 is 2.04 bits per heavy atom. The van der Waals surface area contributed by atoms with Gasteiger partial charge in [0.1, 0.15) is 0 Å². The summed E-state index contributed by atoms with van der Waals surface area (Å²) in [5.41, 5.74) is 3.28. The van der Waals surface area contributed by atoms with E-state index in [9.17, 15) is 4.79 Å². The molecule has 3 heterocycles. The third-order valence-corrected chi connectivity index (χ3v) is 4.19. The molecule has 0 saturated heterocycles. The smallest absolute Gasteiger partial charge is 0.388 e. The maximum atomic E-state index is 12.1. The minimum absolute atomic E-state index is 0.231. The van der Waals surface area contributed by atoms with E-state index in [1.54, 1.807) is 30.7 Å². The molecule has 8 heteroatoms. The number of amides is 1. The molecule has 3 rings (SSSR count). The number of aryl methyl sites for hydroxylation is 3. The quantitative estimate of drug-likeness (QED) is 0.728. The number of rotatable bonds is 4. The van der Waals surface area contributed by atoms with Gasteiger partial charge in [0, 0.05) is 23.8 Å². The first-order valence-corrected chi connectivity index (χ1v) is 8.39. The van der Waals surface area contributed by atoms with E-state index in [1.165, 1.54) is 11.3 Å². The Morgan fingerprint density at radius 1 is 1.20 bits per heavy atom. The summed E-state index contributed by atoms with van der Waals surface area (Å²) in [5.74, 6) is 0.231. The summed E-state index contributed by atoms with van der Waals surface area (Å²) < 4.78 is 5.37. The number of nitrogens with one attached hydrogen (secondary N) is 2. The predicted octanol–water partition coefficient (Wildman–Crippen LogP) is 4.21. The van der Waals surface area contributed by atoms with Crippen molar-refractivity contribution >= 4 is 33.8 Å². The van der Waals surface area contributed by atoms with E-state index in [4.69, 9.17) is 4.74 Å². The van der Waals surface area contributed by atoms with Crippen molar-refractivity contribution in [2.75, 3.05) is 10.6 Å². The number of carbonyl (C=O) groups is 1. The molecule has 0 aliphatic carbocycles. The zero-order valence-corrected chi connectivity index (χ0v) is 14.8. The van der Waals surface area contributed by atoms with Gasteiger partial charge in [-0.15, -0.1) is 0 Å². The molecule has 0 aromatic carbocycles. The third-order valence-electron chi connectivity index (χ3n) is 3.32. The summed E-state index contributed by atoms with van der Waals surface area (Å²) in [4.78, 5) is 24.6. The highest BCUT2D eigenvalue weighted by atomic mass is 32.1. The van der Waals surface area contributed by atoms with Crippen molar-refractivity contribution in [2.45, 2.75) is 20.8 Å². The second-order valence-electron chi connectivity index (χ2n) is 5.38. The number of ether oxygens (including phenoxy) is 1. The van der Waals surface area contributed by atoms with Crippen molar-refractivity contribution in [1.82, 2.24) is 15.0 Å². The summed E-state index contributed by atoms with van der Waals surface area (Å²) in [7, 11) is 0. The van der Waals surface area contributed by atoms with Crippen LogP contribution in [0.25, 0.3) is 0 Å². The fourth-order valence-electron chi connectivity index (χ4n) is 2.13. The van der Waals surface area contributed by atoms with E-state index < -0.39 is 6.09 Å². The van der Waals surface area contributed by atoms with E-state index in [-0.39, 0.29) is 5.88 Å². The van der Waals surface area contributed by atoms with Crippen LogP contribution in [0.4, 0.5) is 21.2 Å². The fourth-order valence-corrected chi connectivity index (χ4v) is 2.89. The Labute approximate surface area is 149 Å². The molecule has 0 bridgehead atoms. The molecule has 2 N–H and O–H groups in total. The molecule has 1 amide bonds. The number of nitrogens with zero attached hydrogens (tertiary/aromatic N) is 3. The van der Waals surface area contributed by atoms with Gasteiger partial charge >= 0.3 is 6.09 Å². The van der Waals surface area contributed by atoms with Gasteiger partial charge in [-0.2, -0.15) is 0 Å². The molecule has 25 heavy (non-hydrogen) atoms. The second kappa shape index (κ2) is 7.27. The summed E-state index contributed by atoms with van der Waals surface area (Å²) in [6, 6.07) is 5.35. The summed E-state index contributed by atoms with van der Waals surface area (Å²) >= 11 is 1.40. The molecule has 0 radical (unpaired) electrons. The van der Waals surface area contributed by atoms with Gasteiger partial charge in [-0.25, -0.2) is 9.78 Å². The highest BCUT2D eigenvalue weighted by Gasteiger charge is 2.16. The van der Waals surface area contributed by atoms with Crippen molar-refractivity contribution in [3.05, 3.63) is 53.1 Å². The van der Waals surface area contributed by atoms with Crippen LogP contribution in [-0.4, -0.2) is 21.0 Å². The molecular formula is C17H17N5O2S. The number of aromatic nitrogens is 3. The first kappa shape index (κ1) is 16.8. The Kier molecular flexibility index (Phi) is 4.90. The Bertz CT molecular complexity index is 910. The maximum absolute atomic E-state index is 12.1. The van der Waals surface area contributed by atoms with Gasteiger partial charge < -0.3 is 10.1 Å². The molecule has 3 aromatic rings. The summed E-state index contributed by atoms with van der Waals surface area (Å²) in [6.45, 7) is 5.67. The summed E-state index contributed by atoms with van der Waals surface area (Å²) in [5, 5.41) is 7.32. The molecule has 0 aliphatic heterocycles. The number of carbonyl (C=O) groups excluding carboxylic acids is 1. The first-order chi connectivity index (χ1) is 12.0. The third kappa shape index (κ3) is 4.30. The van der Waals surface area contributed by atoms with Crippen LogP contribution < -0.4 is 15.4 Å². The second-order valence-corrected chi connectivity index (χ2v) is 6.59. The summed E-state index contributed by atoms with van der Waals surface area (Å²) in [6.07, 6.45) is 4.45. The molecule has 7 nitrogen and oxygen atoms in total. The number of hydrogen-bond acceptors (Lipinski definition) is 7. The number of thiazole rings is 1. The lowest BCUT2D eigenvalue weighted by atomic mass is 10.2. The van der Waals surface area contributed by atoms with Crippen LogP contribution in [0.15, 0.2) is 36.8 Å². The fraction of sp³-hybridized carbons (Fsp3) is 0.176. The molecular weight excluding hydrogens is 338 g/mol. The highest BCUT2D eigenvalue weighted by molar-refractivity contribution is 7.16. The Morgan fingerprint density at radius 3 is 2.80 bits per heavy atom. The van der Waals surface area contributed by atoms with Gasteiger partial charge in [-0.1, -0.05) is 11.3 Å². The molecule has 0 aliphatic rings. The molecule has 0 fully saturated rings. The van der Waals surface area contributed by atoms with Gasteiger partial charge in [-0.3, -0.25) is 15.3 Å². The largest absolute Gasteiger partial charge is 0.418 e. The number of hydrogen-bond donors (Lipinski definition) is 2. The monoisotopic (exact) mass is 355 g/mol. The molecule has 0 spiro atoms. The minimum Gasteiger partial charge on any atom is -0.388 e. The highest BCUT2D eigenvalue weighted by Crippen LogP contribution is 2.34. The molecule has 0 unspecified atom stereocenters. The van der Waals surface area contributed by atoms with Crippen LogP contribution >= 0.6 is 11.3 Å². The molecule has 128 valence electrons. The van der Waals surface area contributed by atoms with Crippen molar-refractivity contribution < 1.29 is 9.53 Å². The van der Waals surface area contributed by atoms with Crippen molar-refractivity contribution in [3.8, 4) is 5.88 Å². The molecule has 3 aromatic heterocycles. The Balaban J connectivity index is 1.74. The average Bonchev–Trinajstić information content (AvgIpc) is 2.88. The van der Waals surface area contributed by atoms with Gasteiger partial charge in [0.15, 0.2) is 5.00 Å². The van der Waals surface area contributed by atoms with Crippen LogP contribution in [0.3, 0.4) is 0 Å². The van der Waals surface area contributed by atoms with E-state index in [1.807, 2.05) is 26.8 Å². The lowest BCUT2D eigenvalue weighted by Gasteiger charge is -2.09. The lowest BCUT2D eigenvalue weighted by molar-refractivity contribution is 0.214. The SMILES string of the molecule is Cc1cc(NC(=O)Oc2nc(C)sc2Nc2cnccc2C)ccn1. The van der Waals surface area contributed by atoms with Crippen LogP contribution in [0.5, 0.6) is 5.88 Å². The maximum Gasteiger partial charge on any atom is 0.418 e.